The maximum atomic E-state index is 13.6. The van der Waals surface area contributed by atoms with Crippen molar-refractivity contribution < 1.29 is 26.3 Å². The fourth-order valence-electron chi connectivity index (χ4n) is 5.48. The second-order valence-electron chi connectivity index (χ2n) is 10.1. The van der Waals surface area contributed by atoms with Gasteiger partial charge in [0, 0.05) is 33.0 Å². The van der Waals surface area contributed by atoms with E-state index in [1.54, 1.807) is 24.3 Å². The summed E-state index contributed by atoms with van der Waals surface area (Å²) in [6, 6.07) is 31.9. The minimum absolute atomic E-state index is 0.0961. The molecule has 0 radical (unpaired) electrons. The number of aromatic nitrogens is 3. The van der Waals surface area contributed by atoms with E-state index in [1.807, 2.05) is 60.7 Å². The van der Waals surface area contributed by atoms with E-state index in [0.717, 1.165) is 27.5 Å². The quantitative estimate of drug-likeness (QED) is 0.194. The van der Waals surface area contributed by atoms with Crippen LogP contribution < -0.4 is 0 Å². The van der Waals surface area contributed by atoms with E-state index >= 15 is 0 Å². The molecule has 5 aromatic carbocycles. The molecule has 0 bridgehead atoms. The lowest BCUT2D eigenvalue weighted by atomic mass is 10.0. The highest BCUT2D eigenvalue weighted by atomic mass is 19.4. The van der Waals surface area contributed by atoms with Crippen molar-refractivity contribution in [1.29, 1.82) is 0 Å². The van der Waals surface area contributed by atoms with Gasteiger partial charge in [-0.15, -0.1) is 0 Å². The molecule has 0 amide bonds. The number of para-hydroxylation sites is 3. The summed E-state index contributed by atoms with van der Waals surface area (Å²) in [5, 5.41) is 2.82. The highest BCUT2D eigenvalue weighted by Gasteiger charge is 2.37. The topological polar surface area (TPSA) is 30.7 Å². The van der Waals surface area contributed by atoms with Gasteiger partial charge in [0.05, 0.1) is 33.4 Å². The van der Waals surface area contributed by atoms with Gasteiger partial charge in [-0.2, -0.15) is 26.3 Å². The second-order valence-corrected chi connectivity index (χ2v) is 10.1. The highest BCUT2D eigenvalue weighted by molar-refractivity contribution is 6.09. The van der Waals surface area contributed by atoms with Crippen molar-refractivity contribution in [1.82, 2.24) is 14.5 Å². The summed E-state index contributed by atoms with van der Waals surface area (Å²) in [4.78, 5) is 8.88. The van der Waals surface area contributed by atoms with E-state index < -0.39 is 23.5 Å². The Morgan fingerprint density at radius 1 is 0.488 bits per heavy atom. The minimum Gasteiger partial charge on any atom is -0.309 e. The Labute approximate surface area is 240 Å². The smallest absolute Gasteiger partial charge is 0.309 e. The van der Waals surface area contributed by atoms with Crippen LogP contribution in [-0.2, 0) is 12.4 Å². The zero-order valence-corrected chi connectivity index (χ0v) is 22.1. The van der Waals surface area contributed by atoms with Gasteiger partial charge < -0.3 is 4.57 Å². The third-order valence-corrected chi connectivity index (χ3v) is 7.43. The number of hydrogen-bond acceptors (Lipinski definition) is 2. The summed E-state index contributed by atoms with van der Waals surface area (Å²) in [6.45, 7) is 0. The van der Waals surface area contributed by atoms with Crippen LogP contribution in [0.25, 0.3) is 61.0 Å². The second kappa shape index (κ2) is 9.69. The van der Waals surface area contributed by atoms with Gasteiger partial charge in [0.15, 0.2) is 5.82 Å². The molecule has 2 aromatic heterocycles. The Morgan fingerprint density at radius 3 is 1.56 bits per heavy atom. The molecule has 7 rings (SSSR count). The highest BCUT2D eigenvalue weighted by Crippen LogP contribution is 2.39. The van der Waals surface area contributed by atoms with Crippen LogP contribution in [0.2, 0.25) is 0 Å². The van der Waals surface area contributed by atoms with Crippen molar-refractivity contribution in [2.75, 3.05) is 0 Å². The first-order valence-corrected chi connectivity index (χ1v) is 13.2. The third kappa shape index (κ3) is 4.67. The van der Waals surface area contributed by atoms with Gasteiger partial charge in [-0.05, 0) is 48.5 Å². The van der Waals surface area contributed by atoms with E-state index in [9.17, 15) is 26.3 Å². The minimum atomic E-state index is -4.99. The van der Waals surface area contributed by atoms with Crippen molar-refractivity contribution in [2.24, 2.45) is 0 Å². The largest absolute Gasteiger partial charge is 0.416 e. The molecule has 7 aromatic rings. The lowest BCUT2D eigenvalue weighted by Crippen LogP contribution is -2.11. The van der Waals surface area contributed by atoms with Crippen LogP contribution in [0, 0.1) is 0 Å². The monoisotopic (exact) mass is 583 g/mol. The first-order valence-electron chi connectivity index (χ1n) is 13.2. The van der Waals surface area contributed by atoms with Crippen molar-refractivity contribution in [2.45, 2.75) is 12.4 Å². The van der Waals surface area contributed by atoms with Gasteiger partial charge >= 0.3 is 12.4 Å². The molecule has 43 heavy (non-hydrogen) atoms. The van der Waals surface area contributed by atoms with Crippen LogP contribution >= 0.6 is 0 Å². The number of nitrogens with zero attached hydrogens (tertiary/aromatic N) is 3. The average molecular weight is 584 g/mol. The first kappa shape index (κ1) is 26.7. The van der Waals surface area contributed by atoms with E-state index in [4.69, 9.17) is 0 Å². The number of alkyl halides is 6. The maximum Gasteiger partial charge on any atom is 0.416 e. The number of hydrogen-bond donors (Lipinski definition) is 0. The van der Waals surface area contributed by atoms with Crippen LogP contribution in [0.5, 0.6) is 0 Å². The molecule has 212 valence electrons. The van der Waals surface area contributed by atoms with E-state index in [1.165, 1.54) is 0 Å². The molecule has 0 N–H and O–H groups in total. The van der Waals surface area contributed by atoms with Crippen LogP contribution in [-0.4, -0.2) is 14.5 Å². The van der Waals surface area contributed by atoms with Crippen LogP contribution in [0.1, 0.15) is 11.1 Å². The number of fused-ring (bicyclic) bond motifs is 4. The predicted molar refractivity (Wildman–Crippen MR) is 155 cm³/mol. The maximum absolute atomic E-state index is 13.6. The lowest BCUT2D eigenvalue weighted by Gasteiger charge is -2.15. The molecule has 0 saturated carbocycles. The van der Waals surface area contributed by atoms with Gasteiger partial charge in [0.1, 0.15) is 0 Å². The van der Waals surface area contributed by atoms with Crippen molar-refractivity contribution in [3.8, 4) is 28.3 Å². The molecule has 0 atom stereocenters. The van der Waals surface area contributed by atoms with Gasteiger partial charge in [0.2, 0.25) is 0 Å². The molecule has 2 heterocycles. The van der Waals surface area contributed by atoms with E-state index in [0.29, 0.717) is 34.3 Å². The zero-order valence-electron chi connectivity index (χ0n) is 22.1. The summed E-state index contributed by atoms with van der Waals surface area (Å²) >= 11 is 0. The summed E-state index contributed by atoms with van der Waals surface area (Å²) in [6.07, 6.45) is -9.98. The summed E-state index contributed by atoms with van der Waals surface area (Å²) in [5.41, 5.74) is 1.11. The van der Waals surface area contributed by atoms with E-state index in [2.05, 4.69) is 26.7 Å². The van der Waals surface area contributed by atoms with E-state index in [-0.39, 0.29) is 17.5 Å². The molecule has 9 heteroatoms. The Bertz CT molecular complexity index is 2070. The molecule has 0 saturated heterocycles. The van der Waals surface area contributed by atoms with Crippen LogP contribution in [0.3, 0.4) is 0 Å². The molecule has 0 spiro atoms. The summed E-state index contributed by atoms with van der Waals surface area (Å²) in [5.74, 6) is -0.239. The number of benzene rings is 5. The molecule has 3 nitrogen and oxygen atoms in total. The molecule has 0 aliphatic heterocycles. The van der Waals surface area contributed by atoms with Crippen LogP contribution in [0.4, 0.5) is 26.3 Å². The number of rotatable bonds is 3. The fraction of sp³-hybridized carbons (Fsp3) is 0.0588. The summed E-state index contributed by atoms with van der Waals surface area (Å²) < 4.78 is 83.7. The molecular weight excluding hydrogens is 564 g/mol. The SMILES string of the molecule is FC(F)(F)c1cc(-c2nc(-c3ccc(-n4c5ccccc5c5ccccc54)cc3)c3ccccc3n2)cc(C(F)(F)F)c1. The van der Waals surface area contributed by atoms with Crippen molar-refractivity contribution in [3.05, 3.63) is 126 Å². The molecule has 0 aliphatic rings. The lowest BCUT2D eigenvalue weighted by molar-refractivity contribution is -0.143. The van der Waals surface area contributed by atoms with Crippen molar-refractivity contribution in [3.63, 3.8) is 0 Å². The third-order valence-electron chi connectivity index (χ3n) is 7.43. The van der Waals surface area contributed by atoms with Crippen LogP contribution in [0.15, 0.2) is 115 Å². The molecular formula is C34H19F6N3. The summed E-state index contributed by atoms with van der Waals surface area (Å²) in [7, 11) is 0. The standard InChI is InChI=1S/C34H19F6N3/c35-33(36,37)22-17-21(18-23(19-22)34(38,39)40)32-41-28-10-4-1-9-27(28)31(42-32)20-13-15-24(16-14-20)43-29-11-5-2-7-25(29)26-8-3-6-12-30(26)43/h1-19H. The normalized spacial score (nSPS) is 12.4. The molecule has 0 fully saturated rings. The predicted octanol–water partition coefficient (Wildman–Crippen LogP) is 10.1. The van der Waals surface area contributed by atoms with Gasteiger partial charge in [-0.3, -0.25) is 0 Å². The van der Waals surface area contributed by atoms with Gasteiger partial charge in [0.25, 0.3) is 0 Å². The Morgan fingerprint density at radius 2 is 1.00 bits per heavy atom. The molecule has 0 unspecified atom stereocenters. The van der Waals surface area contributed by atoms with Gasteiger partial charge in [-0.25, -0.2) is 9.97 Å². The Kier molecular flexibility index (Phi) is 6.02. The zero-order chi connectivity index (χ0) is 29.9. The molecule has 0 aliphatic carbocycles. The first-order chi connectivity index (χ1) is 20.6. The average Bonchev–Trinajstić information content (AvgIpc) is 3.34. The Balaban J connectivity index is 1.40. The fourth-order valence-corrected chi connectivity index (χ4v) is 5.48. The number of halogens is 6. The van der Waals surface area contributed by atoms with Gasteiger partial charge in [-0.1, -0.05) is 66.7 Å². The Hall–Kier alpha value is -5.18. The van der Waals surface area contributed by atoms with Crippen molar-refractivity contribution >= 4 is 32.7 Å².